The van der Waals surface area contributed by atoms with E-state index in [1.165, 1.54) is 83.5 Å². The molecule has 0 heterocycles. The summed E-state index contributed by atoms with van der Waals surface area (Å²) in [5.74, 6) is 0. The molecule has 0 aromatic rings. The van der Waals surface area contributed by atoms with Gasteiger partial charge in [-0.2, -0.15) is 0 Å². The van der Waals surface area contributed by atoms with E-state index in [0.717, 1.165) is 38.6 Å². The Balaban J connectivity index is 3.23. The molecule has 0 rings (SSSR count). The molecule has 0 aliphatic carbocycles. The van der Waals surface area contributed by atoms with E-state index >= 15 is 0 Å². The van der Waals surface area contributed by atoms with Gasteiger partial charge >= 0.3 is 12.1 Å². The quantitative estimate of drug-likeness (QED) is 0.0870. The van der Waals surface area contributed by atoms with Crippen molar-refractivity contribution in [1.29, 1.82) is 0 Å². The van der Waals surface area contributed by atoms with Crippen LogP contribution >= 0.6 is 0 Å². The number of nitrogens with one attached hydrogen (secondary N) is 4. The van der Waals surface area contributed by atoms with Gasteiger partial charge in [0.1, 0.15) is 0 Å². The predicted molar refractivity (Wildman–Crippen MR) is 146 cm³/mol. The lowest BCUT2D eigenvalue weighted by atomic mass is 10.1. The zero-order valence-electron chi connectivity index (χ0n) is 22.5. The Labute approximate surface area is 210 Å². The topological polar surface area (TPSA) is 82.3 Å². The van der Waals surface area contributed by atoms with Gasteiger partial charge < -0.3 is 21.3 Å². The molecule has 0 aromatic carbocycles. The van der Waals surface area contributed by atoms with Crippen molar-refractivity contribution in [3.05, 3.63) is 12.2 Å². The second-order valence-corrected chi connectivity index (χ2v) is 9.32. The van der Waals surface area contributed by atoms with E-state index in [0.29, 0.717) is 19.6 Å². The second kappa shape index (κ2) is 27.5. The van der Waals surface area contributed by atoms with E-state index in [2.05, 4.69) is 40.3 Å². The average molecular weight is 481 g/mol. The predicted octanol–water partition coefficient (Wildman–Crippen LogP) is 7.20. The van der Waals surface area contributed by atoms with Crippen LogP contribution < -0.4 is 21.3 Å². The van der Waals surface area contributed by atoms with Gasteiger partial charge in [0.05, 0.1) is 0 Å². The minimum absolute atomic E-state index is 0.0503. The third kappa shape index (κ3) is 26.5. The maximum absolute atomic E-state index is 11.8. The molecule has 0 aliphatic rings. The van der Waals surface area contributed by atoms with Gasteiger partial charge in [-0.05, 0) is 51.9 Å². The van der Waals surface area contributed by atoms with Gasteiger partial charge in [0.2, 0.25) is 0 Å². The summed E-state index contributed by atoms with van der Waals surface area (Å²) < 4.78 is 0. The molecule has 0 aliphatic heterocycles. The number of allylic oxidation sites excluding steroid dienone is 2. The van der Waals surface area contributed by atoms with Crippen molar-refractivity contribution in [3.8, 4) is 0 Å². The van der Waals surface area contributed by atoms with Gasteiger partial charge in [0, 0.05) is 26.2 Å². The summed E-state index contributed by atoms with van der Waals surface area (Å²) in [5.41, 5.74) is 0. The molecular formula is C28H56N4O2. The summed E-state index contributed by atoms with van der Waals surface area (Å²) in [7, 11) is 0. The maximum atomic E-state index is 11.8. The lowest BCUT2D eigenvalue weighted by molar-refractivity contribution is 0.239. The highest BCUT2D eigenvalue weighted by molar-refractivity contribution is 5.74. The molecule has 200 valence electrons. The third-order valence-corrected chi connectivity index (χ3v) is 5.99. The van der Waals surface area contributed by atoms with Crippen molar-refractivity contribution >= 4 is 12.1 Å². The van der Waals surface area contributed by atoms with Crippen LogP contribution in [-0.2, 0) is 0 Å². The molecule has 0 aromatic heterocycles. The number of carbonyl (C=O) groups excluding carboxylic acids is 2. The molecule has 34 heavy (non-hydrogen) atoms. The summed E-state index contributed by atoms with van der Waals surface area (Å²) in [5, 5.41) is 11.4. The fourth-order valence-electron chi connectivity index (χ4n) is 3.87. The van der Waals surface area contributed by atoms with Crippen LogP contribution in [0.1, 0.15) is 129 Å². The SMILES string of the molecule is CCCCCCCC/C=C\CCCCCCCCNC(=O)NCCCCCCNC(=O)NCC. The first-order valence-electron chi connectivity index (χ1n) is 14.4. The van der Waals surface area contributed by atoms with Crippen LogP contribution in [0, 0.1) is 0 Å². The van der Waals surface area contributed by atoms with Crippen molar-refractivity contribution in [3.63, 3.8) is 0 Å². The summed E-state index contributed by atoms with van der Waals surface area (Å²) in [4.78, 5) is 23.0. The van der Waals surface area contributed by atoms with E-state index in [-0.39, 0.29) is 12.1 Å². The van der Waals surface area contributed by atoms with E-state index in [1.807, 2.05) is 6.92 Å². The maximum Gasteiger partial charge on any atom is 0.314 e. The van der Waals surface area contributed by atoms with E-state index in [4.69, 9.17) is 0 Å². The molecule has 0 saturated carbocycles. The molecule has 0 spiro atoms. The smallest absolute Gasteiger partial charge is 0.314 e. The Hall–Kier alpha value is -1.72. The molecule has 4 amide bonds. The van der Waals surface area contributed by atoms with E-state index in [9.17, 15) is 9.59 Å². The highest BCUT2D eigenvalue weighted by Gasteiger charge is 2.00. The number of unbranched alkanes of at least 4 members (excludes halogenated alkanes) is 15. The first-order valence-corrected chi connectivity index (χ1v) is 14.4. The van der Waals surface area contributed by atoms with Crippen LogP contribution in [0.15, 0.2) is 12.2 Å². The van der Waals surface area contributed by atoms with Gasteiger partial charge in [0.25, 0.3) is 0 Å². The van der Waals surface area contributed by atoms with E-state index < -0.39 is 0 Å². The first-order chi connectivity index (χ1) is 16.7. The first kappa shape index (κ1) is 32.3. The summed E-state index contributed by atoms with van der Waals surface area (Å²) in [6.45, 7) is 7.00. The largest absolute Gasteiger partial charge is 0.338 e. The van der Waals surface area contributed by atoms with E-state index in [1.54, 1.807) is 0 Å². The van der Waals surface area contributed by atoms with Crippen LogP contribution in [0.3, 0.4) is 0 Å². The van der Waals surface area contributed by atoms with Gasteiger partial charge in [-0.25, -0.2) is 9.59 Å². The minimum Gasteiger partial charge on any atom is -0.338 e. The zero-order valence-corrected chi connectivity index (χ0v) is 22.5. The molecule has 0 saturated heterocycles. The van der Waals surface area contributed by atoms with Crippen molar-refractivity contribution in [2.24, 2.45) is 0 Å². The van der Waals surface area contributed by atoms with Gasteiger partial charge in [0.15, 0.2) is 0 Å². The fraction of sp³-hybridized carbons (Fsp3) is 0.857. The summed E-state index contributed by atoms with van der Waals surface area (Å²) in [6.07, 6.45) is 27.0. The second-order valence-electron chi connectivity index (χ2n) is 9.32. The zero-order chi connectivity index (χ0) is 25.0. The lowest BCUT2D eigenvalue weighted by Gasteiger charge is -2.08. The summed E-state index contributed by atoms with van der Waals surface area (Å²) in [6, 6.07) is -0.145. The highest BCUT2D eigenvalue weighted by Crippen LogP contribution is 2.09. The summed E-state index contributed by atoms with van der Waals surface area (Å²) >= 11 is 0. The van der Waals surface area contributed by atoms with Gasteiger partial charge in [-0.3, -0.25) is 0 Å². The number of amides is 4. The molecule has 0 unspecified atom stereocenters. The monoisotopic (exact) mass is 480 g/mol. The minimum atomic E-state index is -0.0948. The van der Waals surface area contributed by atoms with Crippen molar-refractivity contribution in [2.75, 3.05) is 26.2 Å². The Bertz CT molecular complexity index is 483. The number of urea groups is 2. The highest BCUT2D eigenvalue weighted by atomic mass is 16.2. The average Bonchev–Trinajstić information content (AvgIpc) is 2.83. The molecular weight excluding hydrogens is 424 g/mol. The molecule has 4 N–H and O–H groups in total. The molecule has 0 radical (unpaired) electrons. The number of rotatable bonds is 24. The van der Waals surface area contributed by atoms with Crippen LogP contribution in [0.25, 0.3) is 0 Å². The number of carbonyl (C=O) groups is 2. The fourth-order valence-corrected chi connectivity index (χ4v) is 3.87. The normalized spacial score (nSPS) is 11.0. The number of hydrogen-bond acceptors (Lipinski definition) is 2. The molecule has 6 nitrogen and oxygen atoms in total. The lowest BCUT2D eigenvalue weighted by Crippen LogP contribution is -2.36. The Morgan fingerprint density at radius 2 is 0.824 bits per heavy atom. The van der Waals surface area contributed by atoms with Crippen LogP contribution in [-0.4, -0.2) is 38.2 Å². The molecule has 0 fully saturated rings. The Morgan fingerprint density at radius 3 is 1.24 bits per heavy atom. The Morgan fingerprint density at radius 1 is 0.471 bits per heavy atom. The van der Waals surface area contributed by atoms with Crippen molar-refractivity contribution < 1.29 is 9.59 Å². The van der Waals surface area contributed by atoms with Crippen LogP contribution in [0.4, 0.5) is 9.59 Å². The standard InChI is InChI=1S/C28H56N4O2/c1-3-5-6-7-8-9-10-11-12-13-14-15-16-17-18-21-25-31-28(34)32-26-23-20-19-22-24-30-27(33)29-4-2/h11-12H,3-10,13-26H2,1-2H3,(H2,29,30,33)(H2,31,32,34)/b12-11-. The van der Waals surface area contributed by atoms with Gasteiger partial charge in [-0.15, -0.1) is 0 Å². The van der Waals surface area contributed by atoms with Crippen LogP contribution in [0.5, 0.6) is 0 Å². The molecule has 0 atom stereocenters. The van der Waals surface area contributed by atoms with Crippen molar-refractivity contribution in [1.82, 2.24) is 21.3 Å². The molecule has 0 bridgehead atoms. The van der Waals surface area contributed by atoms with Crippen molar-refractivity contribution in [2.45, 2.75) is 129 Å². The Kier molecular flexibility index (Phi) is 26.1. The van der Waals surface area contributed by atoms with Crippen LogP contribution in [0.2, 0.25) is 0 Å². The third-order valence-electron chi connectivity index (χ3n) is 5.99. The molecule has 6 heteroatoms. The van der Waals surface area contributed by atoms with Gasteiger partial charge in [-0.1, -0.05) is 89.7 Å². The number of hydrogen-bond donors (Lipinski definition) is 4.